The lowest BCUT2D eigenvalue weighted by Gasteiger charge is -2.09. The Bertz CT molecular complexity index is 208. The van der Waals surface area contributed by atoms with Gasteiger partial charge in [-0.05, 0) is 0 Å². The lowest BCUT2D eigenvalue weighted by atomic mass is 10.3. The maximum Gasteiger partial charge on any atom is 0.239 e. The van der Waals surface area contributed by atoms with Crippen molar-refractivity contribution in [1.29, 1.82) is 0 Å². The Morgan fingerprint density at radius 1 is 1.54 bits per heavy atom. The van der Waals surface area contributed by atoms with Gasteiger partial charge in [-0.15, -0.1) is 0 Å². The summed E-state index contributed by atoms with van der Waals surface area (Å²) in [6.45, 7) is 1.19. The van der Waals surface area contributed by atoms with Crippen LogP contribution in [0.5, 0.6) is 0 Å². The third-order valence-corrected chi connectivity index (χ3v) is 1.60. The Morgan fingerprint density at radius 3 is 2.54 bits per heavy atom. The zero-order valence-corrected chi connectivity index (χ0v) is 8.14. The van der Waals surface area contributed by atoms with E-state index >= 15 is 0 Å². The van der Waals surface area contributed by atoms with Gasteiger partial charge in [0.2, 0.25) is 11.8 Å². The molecule has 2 amide bonds. The zero-order chi connectivity index (χ0) is 10.3. The van der Waals surface area contributed by atoms with E-state index in [-0.39, 0.29) is 18.2 Å². The third-order valence-electron chi connectivity index (χ3n) is 1.21. The van der Waals surface area contributed by atoms with Crippen LogP contribution in [0.25, 0.3) is 0 Å². The topological polar surface area (TPSA) is 75.3 Å². The lowest BCUT2D eigenvalue weighted by Crippen LogP contribution is -2.43. The molecule has 0 aliphatic heterocycles. The number of nitrogens with one attached hydrogen (secondary N) is 2. The van der Waals surface area contributed by atoms with Gasteiger partial charge in [0, 0.05) is 12.7 Å². The number of carbonyl (C=O) groups is 3. The van der Waals surface area contributed by atoms with E-state index < -0.39 is 11.9 Å². The number of aldehydes is 1. The van der Waals surface area contributed by atoms with E-state index in [0.29, 0.717) is 6.29 Å². The molecule has 74 valence electrons. The van der Waals surface area contributed by atoms with Gasteiger partial charge >= 0.3 is 0 Å². The second kappa shape index (κ2) is 6.47. The molecule has 1 unspecified atom stereocenters. The summed E-state index contributed by atoms with van der Waals surface area (Å²) in [6.07, 6.45) is 0.596. The zero-order valence-electron chi connectivity index (χ0n) is 7.24. The van der Waals surface area contributed by atoms with Crippen LogP contribution >= 0.6 is 12.6 Å². The quantitative estimate of drug-likeness (QED) is 0.386. The molecule has 0 heterocycles. The fourth-order valence-corrected chi connectivity index (χ4v) is 0.763. The van der Waals surface area contributed by atoms with E-state index in [0.717, 1.165) is 0 Å². The van der Waals surface area contributed by atoms with Crippen LogP contribution in [-0.2, 0) is 14.4 Å². The van der Waals surface area contributed by atoms with Crippen LogP contribution in [0.15, 0.2) is 0 Å². The van der Waals surface area contributed by atoms with Crippen molar-refractivity contribution in [3.05, 3.63) is 0 Å². The minimum atomic E-state index is -0.593. The van der Waals surface area contributed by atoms with E-state index in [4.69, 9.17) is 0 Å². The number of carbonyl (C=O) groups excluding carboxylic acids is 3. The maximum atomic E-state index is 11.0. The minimum Gasteiger partial charge on any atom is -0.347 e. The van der Waals surface area contributed by atoms with Crippen LogP contribution in [0.1, 0.15) is 6.92 Å². The second-order valence-corrected chi connectivity index (χ2v) is 2.77. The van der Waals surface area contributed by atoms with Crippen LogP contribution in [0.3, 0.4) is 0 Å². The average molecular weight is 204 g/mol. The summed E-state index contributed by atoms with van der Waals surface area (Å²) in [6, 6.07) is -0.593. The van der Waals surface area contributed by atoms with E-state index in [9.17, 15) is 14.4 Å². The Kier molecular flexibility index (Phi) is 5.96. The molecule has 5 nitrogen and oxygen atoms in total. The largest absolute Gasteiger partial charge is 0.347 e. The van der Waals surface area contributed by atoms with Gasteiger partial charge in [-0.1, -0.05) is 0 Å². The SMILES string of the molecule is CC(=O)NCC(=O)NC(C=O)CS. The minimum absolute atomic E-state index is 0.118. The van der Waals surface area contributed by atoms with Crippen LogP contribution in [0.2, 0.25) is 0 Å². The Morgan fingerprint density at radius 2 is 2.15 bits per heavy atom. The van der Waals surface area contributed by atoms with Crippen molar-refractivity contribution < 1.29 is 14.4 Å². The first-order valence-corrected chi connectivity index (χ1v) is 4.33. The Labute approximate surface area is 81.7 Å². The van der Waals surface area contributed by atoms with Gasteiger partial charge in [-0.25, -0.2) is 0 Å². The molecule has 0 fully saturated rings. The summed E-state index contributed by atoms with van der Waals surface area (Å²) in [5.74, 6) is -0.444. The number of rotatable bonds is 5. The highest BCUT2D eigenvalue weighted by molar-refractivity contribution is 7.80. The van der Waals surface area contributed by atoms with Crippen molar-refractivity contribution in [3.63, 3.8) is 0 Å². The molecule has 0 spiro atoms. The normalized spacial score (nSPS) is 11.5. The monoisotopic (exact) mass is 204 g/mol. The maximum absolute atomic E-state index is 11.0. The molecule has 0 aromatic rings. The summed E-state index contributed by atoms with van der Waals surface area (Å²) in [5.41, 5.74) is 0. The van der Waals surface area contributed by atoms with Crippen molar-refractivity contribution in [1.82, 2.24) is 10.6 Å². The van der Waals surface area contributed by atoms with E-state index in [2.05, 4.69) is 23.3 Å². The molecule has 0 saturated carbocycles. The van der Waals surface area contributed by atoms with Crippen molar-refractivity contribution in [2.24, 2.45) is 0 Å². The highest BCUT2D eigenvalue weighted by Crippen LogP contribution is 1.82. The van der Waals surface area contributed by atoms with Gasteiger partial charge in [0.1, 0.15) is 6.29 Å². The molecule has 0 radical (unpaired) electrons. The van der Waals surface area contributed by atoms with Gasteiger partial charge in [0.15, 0.2) is 0 Å². The number of hydrogen-bond acceptors (Lipinski definition) is 4. The van der Waals surface area contributed by atoms with Gasteiger partial charge < -0.3 is 15.4 Å². The Hall–Kier alpha value is -1.04. The fourth-order valence-electron chi connectivity index (χ4n) is 0.585. The molecule has 1 atom stereocenters. The summed E-state index contributed by atoms with van der Waals surface area (Å²) in [4.78, 5) is 31.6. The summed E-state index contributed by atoms with van der Waals surface area (Å²) >= 11 is 3.85. The van der Waals surface area contributed by atoms with Crippen molar-refractivity contribution in [2.45, 2.75) is 13.0 Å². The molecule has 0 aliphatic rings. The smallest absolute Gasteiger partial charge is 0.239 e. The van der Waals surface area contributed by atoms with Crippen LogP contribution in [-0.4, -0.2) is 36.4 Å². The molecule has 0 aliphatic carbocycles. The summed E-state index contributed by atoms with van der Waals surface area (Å²) in [7, 11) is 0. The molecular weight excluding hydrogens is 192 g/mol. The molecule has 0 saturated heterocycles. The Balaban J connectivity index is 3.72. The molecule has 0 aromatic heterocycles. The highest BCUT2D eigenvalue weighted by atomic mass is 32.1. The van der Waals surface area contributed by atoms with Crippen molar-refractivity contribution >= 4 is 30.7 Å². The number of thiol groups is 1. The summed E-state index contributed by atoms with van der Waals surface area (Å²) < 4.78 is 0. The molecule has 2 N–H and O–H groups in total. The van der Waals surface area contributed by atoms with Crippen molar-refractivity contribution in [3.8, 4) is 0 Å². The molecule has 6 heteroatoms. The van der Waals surface area contributed by atoms with Crippen LogP contribution in [0.4, 0.5) is 0 Å². The molecule has 0 aromatic carbocycles. The molecule has 0 bridgehead atoms. The summed E-state index contributed by atoms with van der Waals surface area (Å²) in [5, 5.41) is 4.68. The van der Waals surface area contributed by atoms with Gasteiger partial charge in [0.25, 0.3) is 0 Å². The first-order valence-electron chi connectivity index (χ1n) is 3.70. The lowest BCUT2D eigenvalue weighted by molar-refractivity contribution is -0.126. The first kappa shape index (κ1) is 12.0. The predicted octanol–water partition coefficient (Wildman–Crippen LogP) is -1.26. The van der Waals surface area contributed by atoms with Gasteiger partial charge in [-0.2, -0.15) is 12.6 Å². The average Bonchev–Trinajstić information content (AvgIpc) is 2.10. The van der Waals surface area contributed by atoms with Crippen LogP contribution < -0.4 is 10.6 Å². The number of hydrogen-bond donors (Lipinski definition) is 3. The molecule has 13 heavy (non-hydrogen) atoms. The van der Waals surface area contributed by atoms with Gasteiger partial charge in [-0.3, -0.25) is 9.59 Å². The third kappa shape index (κ3) is 6.15. The fraction of sp³-hybridized carbons (Fsp3) is 0.571. The number of amides is 2. The predicted molar refractivity (Wildman–Crippen MR) is 50.5 cm³/mol. The van der Waals surface area contributed by atoms with E-state index in [1.807, 2.05) is 0 Å². The van der Waals surface area contributed by atoms with E-state index in [1.165, 1.54) is 6.92 Å². The second-order valence-electron chi connectivity index (χ2n) is 2.40. The highest BCUT2D eigenvalue weighted by Gasteiger charge is 2.08. The standard InChI is InChI=1S/C7H12N2O3S/c1-5(11)8-2-7(12)9-6(3-10)4-13/h3,6,13H,2,4H2,1H3,(H,8,11)(H,9,12). The first-order chi connectivity index (χ1) is 6.10. The van der Waals surface area contributed by atoms with E-state index in [1.54, 1.807) is 0 Å². The molecular formula is C7H12N2O3S. The van der Waals surface area contributed by atoms with Gasteiger partial charge in [0.05, 0.1) is 12.6 Å². The van der Waals surface area contributed by atoms with Crippen LogP contribution in [0, 0.1) is 0 Å². The molecule has 0 rings (SSSR count). The van der Waals surface area contributed by atoms with Crippen molar-refractivity contribution in [2.75, 3.05) is 12.3 Å².